The SMILES string of the molecule is CN(CC1CCCCN1)C1CCc2ccccc21. The smallest absolute Gasteiger partial charge is 0.0351 e. The summed E-state index contributed by atoms with van der Waals surface area (Å²) >= 11 is 0. The van der Waals surface area contributed by atoms with Gasteiger partial charge in [0.15, 0.2) is 0 Å². The molecule has 2 nitrogen and oxygen atoms in total. The molecule has 1 aromatic rings. The van der Waals surface area contributed by atoms with E-state index in [4.69, 9.17) is 0 Å². The lowest BCUT2D eigenvalue weighted by molar-refractivity contribution is 0.203. The van der Waals surface area contributed by atoms with Gasteiger partial charge >= 0.3 is 0 Å². The van der Waals surface area contributed by atoms with Gasteiger partial charge in [-0.1, -0.05) is 30.7 Å². The fraction of sp³-hybridized carbons (Fsp3) is 0.625. The summed E-state index contributed by atoms with van der Waals surface area (Å²) in [6.45, 7) is 2.40. The number of fused-ring (bicyclic) bond motifs is 1. The summed E-state index contributed by atoms with van der Waals surface area (Å²) in [4.78, 5) is 2.56. The number of hydrogen-bond donors (Lipinski definition) is 1. The Morgan fingerprint density at radius 1 is 1.22 bits per heavy atom. The second-order valence-electron chi connectivity index (χ2n) is 5.84. The molecular weight excluding hydrogens is 220 g/mol. The van der Waals surface area contributed by atoms with E-state index in [2.05, 4.69) is 41.5 Å². The van der Waals surface area contributed by atoms with E-state index >= 15 is 0 Å². The molecule has 2 atom stereocenters. The van der Waals surface area contributed by atoms with Gasteiger partial charge in [0.25, 0.3) is 0 Å². The number of piperidine rings is 1. The van der Waals surface area contributed by atoms with Crippen LogP contribution in [0.1, 0.15) is 42.9 Å². The number of nitrogens with one attached hydrogen (secondary N) is 1. The van der Waals surface area contributed by atoms with Crippen molar-refractivity contribution in [1.82, 2.24) is 10.2 Å². The first-order valence-electron chi connectivity index (χ1n) is 7.36. The van der Waals surface area contributed by atoms with E-state index in [1.807, 2.05) is 0 Å². The lowest BCUT2D eigenvalue weighted by Gasteiger charge is -2.32. The number of likely N-dealkylation sites (N-methyl/N-ethyl adjacent to an activating group) is 1. The van der Waals surface area contributed by atoms with Gasteiger partial charge in [-0.3, -0.25) is 4.90 Å². The standard InChI is InChI=1S/C16H24N2/c1-18(12-14-7-4-5-11-17-14)16-10-9-13-6-2-3-8-15(13)16/h2-3,6,8,14,16-17H,4-5,7,9-12H2,1H3. The lowest BCUT2D eigenvalue weighted by atomic mass is 10.0. The van der Waals surface area contributed by atoms with Crippen LogP contribution in [0.25, 0.3) is 0 Å². The van der Waals surface area contributed by atoms with Crippen molar-refractivity contribution in [3.05, 3.63) is 35.4 Å². The zero-order valence-corrected chi connectivity index (χ0v) is 11.4. The van der Waals surface area contributed by atoms with E-state index in [1.165, 1.54) is 45.2 Å². The van der Waals surface area contributed by atoms with Crippen LogP contribution in [0.2, 0.25) is 0 Å². The van der Waals surface area contributed by atoms with Crippen LogP contribution in [-0.4, -0.2) is 31.1 Å². The summed E-state index contributed by atoms with van der Waals surface area (Å²) < 4.78 is 0. The van der Waals surface area contributed by atoms with Crippen LogP contribution in [0.3, 0.4) is 0 Å². The minimum atomic E-state index is 0.643. The molecule has 2 heteroatoms. The normalized spacial score (nSPS) is 27.4. The molecule has 1 N–H and O–H groups in total. The average molecular weight is 244 g/mol. The second kappa shape index (κ2) is 5.41. The van der Waals surface area contributed by atoms with Crippen LogP contribution >= 0.6 is 0 Å². The van der Waals surface area contributed by atoms with E-state index < -0.39 is 0 Å². The Morgan fingerprint density at radius 2 is 2.11 bits per heavy atom. The molecule has 0 aromatic heterocycles. The van der Waals surface area contributed by atoms with Crippen LogP contribution in [0.5, 0.6) is 0 Å². The highest BCUT2D eigenvalue weighted by Gasteiger charge is 2.27. The molecule has 1 aliphatic heterocycles. The predicted octanol–water partition coefficient (Wildman–Crippen LogP) is 2.75. The van der Waals surface area contributed by atoms with Gasteiger partial charge in [-0.05, 0) is 50.4 Å². The first kappa shape index (κ1) is 12.2. The van der Waals surface area contributed by atoms with Gasteiger partial charge < -0.3 is 5.32 Å². The molecule has 98 valence electrons. The Bertz CT molecular complexity index is 396. The number of nitrogens with zero attached hydrogens (tertiary/aromatic N) is 1. The first-order valence-corrected chi connectivity index (χ1v) is 7.36. The molecule has 0 amide bonds. The average Bonchev–Trinajstić information content (AvgIpc) is 2.84. The zero-order valence-electron chi connectivity index (χ0n) is 11.4. The Morgan fingerprint density at radius 3 is 2.94 bits per heavy atom. The highest BCUT2D eigenvalue weighted by atomic mass is 15.2. The number of aryl methyl sites for hydroxylation is 1. The summed E-state index contributed by atoms with van der Waals surface area (Å²) in [5.74, 6) is 0. The van der Waals surface area contributed by atoms with Crippen LogP contribution in [0, 0.1) is 0 Å². The molecule has 18 heavy (non-hydrogen) atoms. The quantitative estimate of drug-likeness (QED) is 0.879. The van der Waals surface area contributed by atoms with Crippen molar-refractivity contribution in [3.63, 3.8) is 0 Å². The number of benzene rings is 1. The topological polar surface area (TPSA) is 15.3 Å². The maximum Gasteiger partial charge on any atom is 0.0351 e. The molecule has 2 unspecified atom stereocenters. The summed E-state index contributed by atoms with van der Waals surface area (Å²) in [6, 6.07) is 10.3. The molecule has 0 spiro atoms. The van der Waals surface area contributed by atoms with E-state index in [9.17, 15) is 0 Å². The van der Waals surface area contributed by atoms with Crippen molar-refractivity contribution < 1.29 is 0 Å². The summed E-state index contributed by atoms with van der Waals surface area (Å²) in [5, 5.41) is 3.66. The third-order valence-corrected chi connectivity index (χ3v) is 4.55. The Hall–Kier alpha value is -0.860. The van der Waals surface area contributed by atoms with Crippen molar-refractivity contribution in [3.8, 4) is 0 Å². The van der Waals surface area contributed by atoms with Crippen molar-refractivity contribution in [2.24, 2.45) is 0 Å². The second-order valence-corrected chi connectivity index (χ2v) is 5.84. The molecule has 2 aliphatic rings. The summed E-state index contributed by atoms with van der Waals surface area (Å²) in [6.07, 6.45) is 6.64. The Kier molecular flexibility index (Phi) is 3.67. The van der Waals surface area contributed by atoms with Crippen molar-refractivity contribution >= 4 is 0 Å². The largest absolute Gasteiger partial charge is 0.313 e. The third kappa shape index (κ3) is 2.45. The Balaban J connectivity index is 1.64. The minimum Gasteiger partial charge on any atom is -0.313 e. The molecule has 3 rings (SSSR count). The van der Waals surface area contributed by atoms with Crippen LogP contribution in [0.15, 0.2) is 24.3 Å². The van der Waals surface area contributed by atoms with Crippen LogP contribution < -0.4 is 5.32 Å². The van der Waals surface area contributed by atoms with Gasteiger partial charge in [-0.2, -0.15) is 0 Å². The van der Waals surface area contributed by atoms with Gasteiger partial charge in [0.2, 0.25) is 0 Å². The highest BCUT2D eigenvalue weighted by molar-refractivity contribution is 5.34. The van der Waals surface area contributed by atoms with Crippen molar-refractivity contribution in [1.29, 1.82) is 0 Å². The van der Waals surface area contributed by atoms with Gasteiger partial charge in [-0.25, -0.2) is 0 Å². The monoisotopic (exact) mass is 244 g/mol. The molecule has 0 bridgehead atoms. The molecular formula is C16H24N2. The number of hydrogen-bond acceptors (Lipinski definition) is 2. The van der Waals surface area contributed by atoms with Crippen LogP contribution in [-0.2, 0) is 6.42 Å². The lowest BCUT2D eigenvalue weighted by Crippen LogP contribution is -2.43. The molecule has 0 saturated carbocycles. The van der Waals surface area contributed by atoms with E-state index in [1.54, 1.807) is 11.1 Å². The van der Waals surface area contributed by atoms with E-state index in [0.29, 0.717) is 12.1 Å². The maximum atomic E-state index is 3.66. The third-order valence-electron chi connectivity index (χ3n) is 4.55. The minimum absolute atomic E-state index is 0.643. The summed E-state index contributed by atoms with van der Waals surface area (Å²) in [7, 11) is 2.29. The number of rotatable bonds is 3. The van der Waals surface area contributed by atoms with Crippen molar-refractivity contribution in [2.45, 2.75) is 44.2 Å². The molecule has 1 heterocycles. The fourth-order valence-corrected chi connectivity index (χ4v) is 3.55. The van der Waals surface area contributed by atoms with Gasteiger partial charge in [-0.15, -0.1) is 0 Å². The van der Waals surface area contributed by atoms with Gasteiger partial charge in [0.1, 0.15) is 0 Å². The van der Waals surface area contributed by atoms with E-state index in [0.717, 1.165) is 0 Å². The highest BCUT2D eigenvalue weighted by Crippen LogP contribution is 2.34. The molecule has 1 saturated heterocycles. The zero-order chi connectivity index (χ0) is 12.4. The fourth-order valence-electron chi connectivity index (χ4n) is 3.55. The Labute approximate surface area is 110 Å². The molecule has 1 aromatic carbocycles. The van der Waals surface area contributed by atoms with Crippen LogP contribution in [0.4, 0.5) is 0 Å². The summed E-state index contributed by atoms with van der Waals surface area (Å²) in [5.41, 5.74) is 3.13. The van der Waals surface area contributed by atoms with Gasteiger partial charge in [0, 0.05) is 18.6 Å². The van der Waals surface area contributed by atoms with E-state index in [-0.39, 0.29) is 0 Å². The molecule has 0 radical (unpaired) electrons. The maximum absolute atomic E-state index is 3.66. The first-order chi connectivity index (χ1) is 8.84. The van der Waals surface area contributed by atoms with Crippen molar-refractivity contribution in [2.75, 3.05) is 20.1 Å². The predicted molar refractivity (Wildman–Crippen MR) is 75.8 cm³/mol. The molecule has 1 aliphatic carbocycles. The molecule has 1 fully saturated rings. The van der Waals surface area contributed by atoms with Gasteiger partial charge in [0.05, 0.1) is 0 Å².